The van der Waals surface area contributed by atoms with Gasteiger partial charge in [-0.3, -0.25) is 14.5 Å². The van der Waals surface area contributed by atoms with Crippen LogP contribution >= 0.6 is 11.6 Å². The van der Waals surface area contributed by atoms with Crippen molar-refractivity contribution >= 4 is 29.0 Å². The molecule has 0 bridgehead atoms. The zero-order chi connectivity index (χ0) is 19.2. The number of carbonyl (C=O) groups is 2. The van der Waals surface area contributed by atoms with Crippen molar-refractivity contribution in [3.05, 3.63) is 51.6 Å². The van der Waals surface area contributed by atoms with E-state index in [9.17, 15) is 14.9 Å². The molecule has 0 radical (unpaired) electrons. The number of methoxy groups -OCH3 is 1. The minimum Gasteiger partial charge on any atom is -0.445 e. The molecule has 0 aliphatic carbocycles. The molecule has 2 N–H and O–H groups in total. The van der Waals surface area contributed by atoms with Gasteiger partial charge in [-0.15, -0.1) is 0 Å². The molecule has 0 aromatic heterocycles. The fourth-order valence-electron chi connectivity index (χ4n) is 3.70. The van der Waals surface area contributed by atoms with Gasteiger partial charge in [-0.25, -0.2) is 0 Å². The highest BCUT2D eigenvalue weighted by molar-refractivity contribution is 6.31. The zero-order valence-corrected chi connectivity index (χ0v) is 15.2. The Balaban J connectivity index is 2.48. The van der Waals surface area contributed by atoms with Crippen LogP contribution in [0.25, 0.3) is 0 Å². The number of hydrogen-bond donors (Lipinski definition) is 1. The lowest BCUT2D eigenvalue weighted by molar-refractivity contribution is -0.124. The first-order valence-electron chi connectivity index (χ1n) is 7.72. The summed E-state index contributed by atoms with van der Waals surface area (Å²) < 4.78 is 10.5. The first-order chi connectivity index (χ1) is 12.3. The Morgan fingerprint density at radius 2 is 2.19 bits per heavy atom. The van der Waals surface area contributed by atoms with E-state index in [0.29, 0.717) is 16.3 Å². The summed E-state index contributed by atoms with van der Waals surface area (Å²) >= 11 is 6.17. The molecule has 1 aromatic rings. The van der Waals surface area contributed by atoms with Crippen molar-refractivity contribution in [1.29, 1.82) is 5.26 Å². The molecular weight excluding hydrogens is 358 g/mol. The Bertz CT molecular complexity index is 944. The van der Waals surface area contributed by atoms with Crippen molar-refractivity contribution in [3.63, 3.8) is 0 Å². The Morgan fingerprint density at radius 1 is 1.50 bits per heavy atom. The lowest BCUT2D eigenvalue weighted by Crippen LogP contribution is -2.48. The maximum Gasteiger partial charge on any atom is 0.249 e. The minimum absolute atomic E-state index is 0.0566. The summed E-state index contributed by atoms with van der Waals surface area (Å²) in [6, 6.07) is 6.80. The van der Waals surface area contributed by atoms with Gasteiger partial charge in [0.05, 0.1) is 11.3 Å². The van der Waals surface area contributed by atoms with Crippen LogP contribution in [0.5, 0.6) is 0 Å². The highest BCUT2D eigenvalue weighted by Gasteiger charge is 2.61. The summed E-state index contributed by atoms with van der Waals surface area (Å²) in [5.74, 6) is -0.952. The molecular formula is C18H16ClN3O4. The van der Waals surface area contributed by atoms with Crippen molar-refractivity contribution in [3.8, 4) is 6.07 Å². The summed E-state index contributed by atoms with van der Waals surface area (Å²) in [7, 11) is 1.44. The normalized spacial score (nSPS) is 21.8. The molecule has 0 unspecified atom stereocenters. The van der Waals surface area contributed by atoms with E-state index in [1.165, 1.54) is 25.9 Å². The number of nitrogens with two attached hydrogens (primary N) is 1. The van der Waals surface area contributed by atoms with Gasteiger partial charge in [0.25, 0.3) is 0 Å². The monoisotopic (exact) mass is 373 g/mol. The summed E-state index contributed by atoms with van der Waals surface area (Å²) in [6.45, 7) is 2.80. The molecule has 0 saturated heterocycles. The van der Waals surface area contributed by atoms with Crippen LogP contribution in [-0.4, -0.2) is 25.5 Å². The average Bonchev–Trinajstić information content (AvgIpc) is 2.78. The standard InChI is InChI=1S/C18H16ClN3O4/c1-9(23)15-10(2)26-16(21)13(7-20)18(15)12-6-11(19)4-5-14(12)22(8-25-3)17(18)24/h4-6H,8,21H2,1-3H3/t18-/m1/s1. The van der Waals surface area contributed by atoms with E-state index in [2.05, 4.69) is 0 Å². The van der Waals surface area contributed by atoms with Gasteiger partial charge < -0.3 is 15.2 Å². The van der Waals surface area contributed by atoms with Crippen LogP contribution in [0.2, 0.25) is 5.02 Å². The third-order valence-corrected chi connectivity index (χ3v) is 4.79. The van der Waals surface area contributed by atoms with Crippen LogP contribution in [-0.2, 0) is 24.5 Å². The average molecular weight is 374 g/mol. The number of hydrogen-bond acceptors (Lipinski definition) is 6. The fraction of sp³-hybridized carbons (Fsp3) is 0.278. The maximum atomic E-state index is 13.5. The van der Waals surface area contributed by atoms with Crippen LogP contribution in [0.1, 0.15) is 19.4 Å². The molecule has 3 rings (SSSR count). The van der Waals surface area contributed by atoms with E-state index in [1.54, 1.807) is 18.2 Å². The van der Waals surface area contributed by atoms with Gasteiger partial charge in [0, 0.05) is 17.7 Å². The number of ether oxygens (including phenoxy) is 2. The number of allylic oxidation sites excluding steroid dienone is 1. The third-order valence-electron chi connectivity index (χ3n) is 4.55. The van der Waals surface area contributed by atoms with Gasteiger partial charge in [-0.05, 0) is 32.0 Å². The molecule has 2 aliphatic rings. The summed E-state index contributed by atoms with van der Waals surface area (Å²) in [6.07, 6.45) is 0. The SMILES string of the molecule is COCN1C(=O)[C@@]2(C(C#N)=C(N)OC(C)=C2C(C)=O)c2cc(Cl)ccc21. The fourth-order valence-corrected chi connectivity index (χ4v) is 3.88. The van der Waals surface area contributed by atoms with Crippen molar-refractivity contribution in [2.75, 3.05) is 18.7 Å². The molecule has 1 amide bonds. The van der Waals surface area contributed by atoms with Crippen LogP contribution in [0.3, 0.4) is 0 Å². The predicted octanol–water partition coefficient (Wildman–Crippen LogP) is 2.12. The lowest BCUT2D eigenvalue weighted by atomic mass is 9.67. The van der Waals surface area contributed by atoms with Gasteiger partial charge in [0.15, 0.2) is 5.78 Å². The van der Waals surface area contributed by atoms with Gasteiger partial charge in [-0.2, -0.15) is 5.26 Å². The molecule has 2 aliphatic heterocycles. The summed E-state index contributed by atoms with van der Waals surface area (Å²) in [4.78, 5) is 27.4. The molecule has 2 heterocycles. The molecule has 1 spiro atoms. The topological polar surface area (TPSA) is 106 Å². The highest BCUT2D eigenvalue weighted by Crippen LogP contribution is 2.54. The number of halogens is 1. The van der Waals surface area contributed by atoms with Crippen molar-refractivity contribution < 1.29 is 19.1 Å². The second kappa shape index (κ2) is 6.16. The number of carbonyl (C=O) groups excluding carboxylic acids is 2. The number of ketones is 1. The Kier molecular flexibility index (Phi) is 4.26. The Labute approximate surface area is 155 Å². The largest absolute Gasteiger partial charge is 0.445 e. The zero-order valence-electron chi connectivity index (χ0n) is 14.4. The number of benzene rings is 1. The molecule has 0 fully saturated rings. The van der Waals surface area contributed by atoms with Gasteiger partial charge in [0.1, 0.15) is 29.5 Å². The van der Waals surface area contributed by atoms with Gasteiger partial charge in [-0.1, -0.05) is 11.6 Å². The number of amides is 1. The number of fused-ring (bicyclic) bond motifs is 2. The second-order valence-electron chi connectivity index (χ2n) is 6.00. The minimum atomic E-state index is -1.70. The number of nitrogens with zero attached hydrogens (tertiary/aromatic N) is 2. The maximum absolute atomic E-state index is 13.5. The molecule has 8 heteroatoms. The molecule has 26 heavy (non-hydrogen) atoms. The predicted molar refractivity (Wildman–Crippen MR) is 93.8 cm³/mol. The number of Topliss-reactive ketones (excluding diaryl/α,β-unsaturated/α-hetero) is 1. The highest BCUT2D eigenvalue weighted by atomic mass is 35.5. The number of rotatable bonds is 3. The first-order valence-corrected chi connectivity index (χ1v) is 8.09. The smallest absolute Gasteiger partial charge is 0.249 e. The lowest BCUT2D eigenvalue weighted by Gasteiger charge is -2.34. The second-order valence-corrected chi connectivity index (χ2v) is 6.44. The van der Waals surface area contributed by atoms with Crippen molar-refractivity contribution in [1.82, 2.24) is 0 Å². The third kappa shape index (κ3) is 2.16. The quantitative estimate of drug-likeness (QED) is 0.869. The van der Waals surface area contributed by atoms with E-state index in [0.717, 1.165) is 0 Å². The number of nitriles is 1. The summed E-state index contributed by atoms with van der Waals surface area (Å²) in [5.41, 5.74) is 5.05. The van der Waals surface area contributed by atoms with Crippen LogP contribution in [0, 0.1) is 11.3 Å². The van der Waals surface area contributed by atoms with E-state index < -0.39 is 17.1 Å². The van der Waals surface area contributed by atoms with Crippen molar-refractivity contribution in [2.24, 2.45) is 5.73 Å². The molecule has 7 nitrogen and oxygen atoms in total. The number of anilines is 1. The molecule has 1 aromatic carbocycles. The molecule has 0 saturated carbocycles. The Hall–Kier alpha value is -2.82. The van der Waals surface area contributed by atoms with Crippen LogP contribution < -0.4 is 10.6 Å². The molecule has 1 atom stereocenters. The van der Waals surface area contributed by atoms with Gasteiger partial charge >= 0.3 is 0 Å². The van der Waals surface area contributed by atoms with Crippen LogP contribution in [0.15, 0.2) is 41.0 Å². The van der Waals surface area contributed by atoms with E-state index in [4.69, 9.17) is 26.8 Å². The summed E-state index contributed by atoms with van der Waals surface area (Å²) in [5, 5.41) is 10.1. The van der Waals surface area contributed by atoms with E-state index in [1.807, 2.05) is 6.07 Å². The van der Waals surface area contributed by atoms with Crippen LogP contribution in [0.4, 0.5) is 5.69 Å². The van der Waals surface area contributed by atoms with E-state index in [-0.39, 0.29) is 29.5 Å². The van der Waals surface area contributed by atoms with Crippen molar-refractivity contribution in [2.45, 2.75) is 19.3 Å². The first kappa shape index (κ1) is 18.0. The Morgan fingerprint density at radius 3 is 2.77 bits per heavy atom. The van der Waals surface area contributed by atoms with Gasteiger partial charge in [0.2, 0.25) is 11.8 Å². The van der Waals surface area contributed by atoms with E-state index >= 15 is 0 Å². The molecule has 134 valence electrons.